The Balaban J connectivity index is 1.78. The lowest BCUT2D eigenvalue weighted by Gasteiger charge is -2.31. The zero-order valence-electron chi connectivity index (χ0n) is 14.9. The number of hydrogen-bond acceptors (Lipinski definition) is 4. The predicted molar refractivity (Wildman–Crippen MR) is 93.5 cm³/mol. The van der Waals surface area contributed by atoms with Gasteiger partial charge in [-0.3, -0.25) is 9.59 Å². The van der Waals surface area contributed by atoms with Crippen molar-refractivity contribution in [1.82, 2.24) is 14.7 Å². The second kappa shape index (κ2) is 7.68. The Morgan fingerprint density at radius 3 is 2.73 bits per heavy atom. The van der Waals surface area contributed by atoms with Crippen LogP contribution in [0.2, 0.25) is 0 Å². The zero-order chi connectivity index (χ0) is 18.7. The van der Waals surface area contributed by atoms with Crippen LogP contribution in [0.5, 0.6) is 0 Å². The van der Waals surface area contributed by atoms with Crippen LogP contribution in [0, 0.1) is 18.7 Å². The van der Waals surface area contributed by atoms with E-state index in [1.165, 1.54) is 18.3 Å². The van der Waals surface area contributed by atoms with E-state index in [9.17, 15) is 14.0 Å². The number of rotatable bonds is 4. The van der Waals surface area contributed by atoms with E-state index in [1.54, 1.807) is 35.6 Å². The summed E-state index contributed by atoms with van der Waals surface area (Å²) in [5.74, 6) is -0.998. The van der Waals surface area contributed by atoms with Gasteiger partial charge in [-0.05, 0) is 51.0 Å². The van der Waals surface area contributed by atoms with Gasteiger partial charge >= 0.3 is 5.97 Å². The Kier molecular flexibility index (Phi) is 5.35. The van der Waals surface area contributed by atoms with Crippen molar-refractivity contribution in [2.45, 2.75) is 26.7 Å². The molecular formula is C19H22FN3O3. The fraction of sp³-hybridized carbons (Fsp3) is 0.421. The van der Waals surface area contributed by atoms with Crippen molar-refractivity contribution in [3.63, 3.8) is 0 Å². The van der Waals surface area contributed by atoms with Gasteiger partial charge in [-0.25, -0.2) is 9.07 Å². The third-order valence-electron chi connectivity index (χ3n) is 4.64. The number of halogens is 1. The van der Waals surface area contributed by atoms with Gasteiger partial charge in [0.1, 0.15) is 5.82 Å². The summed E-state index contributed by atoms with van der Waals surface area (Å²) in [4.78, 5) is 26.6. The van der Waals surface area contributed by atoms with Crippen LogP contribution in [-0.2, 0) is 9.53 Å². The summed E-state index contributed by atoms with van der Waals surface area (Å²) < 4.78 is 19.8. The molecule has 1 aromatic heterocycles. The van der Waals surface area contributed by atoms with Crippen molar-refractivity contribution in [2.24, 2.45) is 5.92 Å². The number of nitrogens with zero attached hydrogens (tertiary/aromatic N) is 3. The van der Waals surface area contributed by atoms with Gasteiger partial charge in [0.05, 0.1) is 35.7 Å². The minimum atomic E-state index is -0.326. The summed E-state index contributed by atoms with van der Waals surface area (Å²) in [6.45, 7) is 4.88. The Labute approximate surface area is 151 Å². The lowest BCUT2D eigenvalue weighted by Crippen LogP contribution is -2.43. The molecule has 0 aliphatic carbocycles. The molecule has 1 aromatic carbocycles. The van der Waals surface area contributed by atoms with Crippen LogP contribution in [0.4, 0.5) is 4.39 Å². The average Bonchev–Trinajstić information content (AvgIpc) is 3.03. The molecule has 1 atom stereocenters. The Hall–Kier alpha value is -2.70. The third kappa shape index (κ3) is 3.61. The summed E-state index contributed by atoms with van der Waals surface area (Å²) in [5, 5.41) is 4.27. The number of carbonyl (C=O) groups excluding carboxylic acids is 2. The fourth-order valence-electron chi connectivity index (χ4n) is 3.25. The van der Waals surface area contributed by atoms with Crippen LogP contribution in [0.15, 0.2) is 30.5 Å². The fourth-order valence-corrected chi connectivity index (χ4v) is 3.25. The molecule has 6 nitrogen and oxygen atoms in total. The highest BCUT2D eigenvalue weighted by atomic mass is 19.1. The maximum absolute atomic E-state index is 13.1. The quantitative estimate of drug-likeness (QED) is 0.788. The number of ether oxygens (including phenoxy) is 1. The summed E-state index contributed by atoms with van der Waals surface area (Å²) >= 11 is 0. The summed E-state index contributed by atoms with van der Waals surface area (Å²) in [7, 11) is 0. The lowest BCUT2D eigenvalue weighted by molar-refractivity contribution is -0.149. The van der Waals surface area contributed by atoms with Crippen molar-refractivity contribution in [3.8, 4) is 5.69 Å². The van der Waals surface area contributed by atoms with Gasteiger partial charge in [-0.2, -0.15) is 5.10 Å². The van der Waals surface area contributed by atoms with Crippen LogP contribution in [0.25, 0.3) is 5.69 Å². The molecule has 138 valence electrons. The number of amides is 1. The second-order valence-electron chi connectivity index (χ2n) is 6.37. The summed E-state index contributed by atoms with van der Waals surface area (Å²) in [6.07, 6.45) is 3.02. The molecule has 0 bridgehead atoms. The topological polar surface area (TPSA) is 64.4 Å². The number of piperidine rings is 1. The summed E-state index contributed by atoms with van der Waals surface area (Å²) in [5.41, 5.74) is 1.85. The monoisotopic (exact) mass is 359 g/mol. The number of hydrogen-bond donors (Lipinski definition) is 0. The van der Waals surface area contributed by atoms with E-state index in [1.807, 2.05) is 0 Å². The van der Waals surface area contributed by atoms with E-state index in [0.29, 0.717) is 36.6 Å². The van der Waals surface area contributed by atoms with E-state index in [0.717, 1.165) is 12.8 Å². The van der Waals surface area contributed by atoms with Gasteiger partial charge in [-0.1, -0.05) is 0 Å². The molecule has 7 heteroatoms. The number of aromatic nitrogens is 2. The third-order valence-corrected chi connectivity index (χ3v) is 4.64. The van der Waals surface area contributed by atoms with Gasteiger partial charge in [0.2, 0.25) is 0 Å². The molecule has 2 heterocycles. The Morgan fingerprint density at radius 1 is 1.31 bits per heavy atom. The van der Waals surface area contributed by atoms with Gasteiger partial charge in [0, 0.05) is 13.1 Å². The van der Waals surface area contributed by atoms with E-state index < -0.39 is 0 Å². The van der Waals surface area contributed by atoms with Crippen LogP contribution >= 0.6 is 0 Å². The highest BCUT2D eigenvalue weighted by Crippen LogP contribution is 2.22. The van der Waals surface area contributed by atoms with Crippen molar-refractivity contribution >= 4 is 11.9 Å². The molecule has 3 rings (SSSR count). The molecule has 2 aromatic rings. The molecular weight excluding hydrogens is 337 g/mol. The first-order valence-corrected chi connectivity index (χ1v) is 8.77. The minimum absolute atomic E-state index is 0.148. The zero-order valence-corrected chi connectivity index (χ0v) is 14.9. The van der Waals surface area contributed by atoms with E-state index >= 15 is 0 Å². The lowest BCUT2D eigenvalue weighted by atomic mass is 9.97. The van der Waals surface area contributed by atoms with Crippen LogP contribution in [0.1, 0.15) is 35.8 Å². The summed E-state index contributed by atoms with van der Waals surface area (Å²) in [6, 6.07) is 5.93. The molecule has 0 saturated carbocycles. The molecule has 1 amide bonds. The number of likely N-dealkylation sites (tertiary alicyclic amines) is 1. The first-order chi connectivity index (χ1) is 12.5. The Bertz CT molecular complexity index is 801. The first-order valence-electron chi connectivity index (χ1n) is 8.77. The molecule has 1 aliphatic rings. The molecule has 0 N–H and O–H groups in total. The Morgan fingerprint density at radius 2 is 2.04 bits per heavy atom. The standard InChI is InChI=1S/C19H22FN3O3/c1-3-26-19(25)14-5-4-10-22(12-14)18(24)17-11-21-23(13(17)2)16-8-6-15(20)7-9-16/h6-9,11,14H,3-5,10,12H2,1-2H3. The molecule has 1 aliphatic heterocycles. The normalized spacial score (nSPS) is 17.2. The van der Waals surface area contributed by atoms with Crippen molar-refractivity contribution in [1.29, 1.82) is 0 Å². The highest BCUT2D eigenvalue weighted by molar-refractivity contribution is 5.95. The molecule has 1 saturated heterocycles. The van der Waals surface area contributed by atoms with E-state index in [4.69, 9.17) is 4.74 Å². The van der Waals surface area contributed by atoms with Gasteiger partial charge < -0.3 is 9.64 Å². The van der Waals surface area contributed by atoms with Crippen LogP contribution in [-0.4, -0.2) is 46.3 Å². The maximum atomic E-state index is 13.1. The van der Waals surface area contributed by atoms with Crippen molar-refractivity contribution in [3.05, 3.63) is 47.5 Å². The van der Waals surface area contributed by atoms with Crippen molar-refractivity contribution in [2.75, 3.05) is 19.7 Å². The van der Waals surface area contributed by atoms with Crippen LogP contribution in [0.3, 0.4) is 0 Å². The van der Waals surface area contributed by atoms with E-state index in [2.05, 4.69) is 5.10 Å². The molecule has 26 heavy (non-hydrogen) atoms. The van der Waals surface area contributed by atoms with Gasteiger partial charge in [-0.15, -0.1) is 0 Å². The smallest absolute Gasteiger partial charge is 0.310 e. The van der Waals surface area contributed by atoms with E-state index in [-0.39, 0.29) is 23.6 Å². The second-order valence-corrected chi connectivity index (χ2v) is 6.37. The SMILES string of the molecule is CCOC(=O)C1CCCN(C(=O)c2cnn(-c3ccc(F)cc3)c2C)C1. The van der Waals surface area contributed by atoms with Crippen molar-refractivity contribution < 1.29 is 18.7 Å². The molecule has 0 spiro atoms. The number of esters is 1. The first kappa shape index (κ1) is 18.1. The molecule has 0 radical (unpaired) electrons. The predicted octanol–water partition coefficient (Wildman–Crippen LogP) is 2.74. The molecule has 1 unspecified atom stereocenters. The largest absolute Gasteiger partial charge is 0.466 e. The maximum Gasteiger partial charge on any atom is 0.310 e. The highest BCUT2D eigenvalue weighted by Gasteiger charge is 2.31. The number of carbonyl (C=O) groups is 2. The average molecular weight is 359 g/mol. The van der Waals surface area contributed by atoms with Gasteiger partial charge in [0.15, 0.2) is 0 Å². The molecule has 1 fully saturated rings. The number of benzene rings is 1. The van der Waals surface area contributed by atoms with Crippen LogP contribution < -0.4 is 0 Å². The van der Waals surface area contributed by atoms with Gasteiger partial charge in [0.25, 0.3) is 5.91 Å². The minimum Gasteiger partial charge on any atom is -0.466 e.